The van der Waals surface area contributed by atoms with Crippen LogP contribution in [-0.4, -0.2) is 24.1 Å². The average Bonchev–Trinajstić information content (AvgIpc) is 3.04. The molecule has 4 nitrogen and oxygen atoms in total. The number of thioether (sulfide) groups is 1. The van der Waals surface area contributed by atoms with Crippen LogP contribution in [0.1, 0.15) is 45.4 Å². The molecule has 0 aromatic heterocycles. The van der Waals surface area contributed by atoms with Crippen LogP contribution in [0.5, 0.6) is 0 Å². The van der Waals surface area contributed by atoms with Gasteiger partial charge in [0.1, 0.15) is 0 Å². The molecule has 1 aliphatic rings. The molecular weight excluding hydrogens is 308 g/mol. The minimum Gasteiger partial charge on any atom is -0.355 e. The molecule has 0 unspecified atom stereocenters. The van der Waals surface area contributed by atoms with Crippen molar-refractivity contribution in [3.63, 3.8) is 0 Å². The van der Waals surface area contributed by atoms with Gasteiger partial charge in [-0.05, 0) is 43.0 Å². The molecule has 1 saturated carbocycles. The van der Waals surface area contributed by atoms with Crippen molar-refractivity contribution in [1.29, 1.82) is 0 Å². The fourth-order valence-electron chi connectivity index (χ4n) is 2.96. The van der Waals surface area contributed by atoms with Gasteiger partial charge < -0.3 is 10.6 Å². The van der Waals surface area contributed by atoms with E-state index in [0.29, 0.717) is 5.75 Å². The molecule has 2 rings (SSSR count). The first kappa shape index (κ1) is 17.9. The molecule has 2 N–H and O–H groups in total. The molecule has 0 aliphatic heterocycles. The fraction of sp³-hybridized carbons (Fsp3) is 0.556. The van der Waals surface area contributed by atoms with Gasteiger partial charge in [0.2, 0.25) is 11.8 Å². The van der Waals surface area contributed by atoms with Crippen LogP contribution in [-0.2, 0) is 9.59 Å². The van der Waals surface area contributed by atoms with Gasteiger partial charge >= 0.3 is 0 Å². The smallest absolute Gasteiger partial charge is 0.230 e. The average molecular weight is 334 g/mol. The Bertz CT molecular complexity index is 510. The van der Waals surface area contributed by atoms with Crippen LogP contribution in [0.25, 0.3) is 0 Å². The maximum atomic E-state index is 11.8. The Morgan fingerprint density at radius 3 is 2.52 bits per heavy atom. The number of nitrogens with one attached hydrogen (secondary N) is 2. The Morgan fingerprint density at radius 1 is 1.17 bits per heavy atom. The van der Waals surface area contributed by atoms with E-state index in [1.165, 1.54) is 50.8 Å². The summed E-state index contributed by atoms with van der Waals surface area (Å²) >= 11 is 1.51. The fourth-order valence-corrected chi connectivity index (χ4v) is 3.68. The van der Waals surface area contributed by atoms with E-state index in [1.807, 2.05) is 24.3 Å². The molecule has 1 aromatic carbocycles. The van der Waals surface area contributed by atoms with Gasteiger partial charge in [-0.1, -0.05) is 25.7 Å². The van der Waals surface area contributed by atoms with Crippen LogP contribution in [0.15, 0.2) is 29.2 Å². The van der Waals surface area contributed by atoms with Gasteiger partial charge in [-0.3, -0.25) is 9.59 Å². The second-order valence-electron chi connectivity index (χ2n) is 6.14. The third-order valence-corrected chi connectivity index (χ3v) is 5.14. The van der Waals surface area contributed by atoms with Crippen molar-refractivity contribution < 1.29 is 9.59 Å². The van der Waals surface area contributed by atoms with Gasteiger partial charge in [-0.25, -0.2) is 0 Å². The zero-order valence-corrected chi connectivity index (χ0v) is 14.6. The third kappa shape index (κ3) is 7.08. The second kappa shape index (κ2) is 9.60. The van der Waals surface area contributed by atoms with Crippen molar-refractivity contribution in [3.8, 4) is 0 Å². The lowest BCUT2D eigenvalue weighted by Gasteiger charge is -2.09. The zero-order valence-electron chi connectivity index (χ0n) is 13.8. The summed E-state index contributed by atoms with van der Waals surface area (Å²) in [6, 6.07) is 7.54. The van der Waals surface area contributed by atoms with Crippen molar-refractivity contribution in [2.24, 2.45) is 5.92 Å². The predicted octanol–water partition coefficient (Wildman–Crippen LogP) is 3.82. The molecule has 0 bridgehead atoms. The molecular formula is C18H26N2O2S. The minimum atomic E-state index is -0.0811. The van der Waals surface area contributed by atoms with Gasteiger partial charge in [0.05, 0.1) is 5.75 Å². The van der Waals surface area contributed by atoms with Crippen LogP contribution in [0.2, 0.25) is 0 Å². The molecule has 126 valence electrons. The zero-order chi connectivity index (χ0) is 16.5. The first-order valence-corrected chi connectivity index (χ1v) is 9.39. The molecule has 2 amide bonds. The quantitative estimate of drug-likeness (QED) is 0.561. The van der Waals surface area contributed by atoms with E-state index in [0.717, 1.165) is 29.5 Å². The summed E-state index contributed by atoms with van der Waals surface area (Å²) < 4.78 is 0. The van der Waals surface area contributed by atoms with Crippen LogP contribution in [0.3, 0.4) is 0 Å². The van der Waals surface area contributed by atoms with Gasteiger partial charge in [0, 0.05) is 24.1 Å². The van der Waals surface area contributed by atoms with E-state index in [1.54, 1.807) is 0 Å². The summed E-state index contributed by atoms with van der Waals surface area (Å²) in [4.78, 5) is 23.8. The molecule has 1 aliphatic carbocycles. The molecule has 0 atom stereocenters. The van der Waals surface area contributed by atoms with Crippen LogP contribution < -0.4 is 10.6 Å². The van der Waals surface area contributed by atoms with Crippen molar-refractivity contribution >= 4 is 29.3 Å². The first-order valence-electron chi connectivity index (χ1n) is 8.40. The van der Waals surface area contributed by atoms with Crippen molar-refractivity contribution in [2.75, 3.05) is 17.6 Å². The molecule has 0 radical (unpaired) electrons. The predicted molar refractivity (Wildman–Crippen MR) is 95.7 cm³/mol. The Labute approximate surface area is 142 Å². The topological polar surface area (TPSA) is 58.2 Å². The summed E-state index contributed by atoms with van der Waals surface area (Å²) in [5, 5.41) is 5.72. The molecule has 0 heterocycles. The number of benzene rings is 1. The van der Waals surface area contributed by atoms with Crippen molar-refractivity contribution in [1.82, 2.24) is 5.32 Å². The Morgan fingerprint density at radius 2 is 1.87 bits per heavy atom. The molecule has 0 saturated heterocycles. The summed E-state index contributed by atoms with van der Waals surface area (Å²) in [5.41, 5.74) is 0.776. The third-order valence-electron chi connectivity index (χ3n) is 4.13. The number of hydrogen-bond acceptors (Lipinski definition) is 3. The Hall–Kier alpha value is -1.49. The second-order valence-corrected chi connectivity index (χ2v) is 7.19. The van der Waals surface area contributed by atoms with Gasteiger partial charge in [-0.15, -0.1) is 11.8 Å². The SMILES string of the molecule is CC(=O)Nc1ccc(SCC(=O)NCCCC2CCCC2)cc1. The highest BCUT2D eigenvalue weighted by molar-refractivity contribution is 8.00. The number of carbonyl (C=O) groups excluding carboxylic acids is 2. The van der Waals surface area contributed by atoms with Crippen molar-refractivity contribution in [2.45, 2.75) is 50.3 Å². The van der Waals surface area contributed by atoms with E-state index < -0.39 is 0 Å². The number of anilines is 1. The maximum absolute atomic E-state index is 11.8. The molecule has 23 heavy (non-hydrogen) atoms. The standard InChI is InChI=1S/C18H26N2O2S/c1-14(21)20-16-8-10-17(11-9-16)23-13-18(22)19-12-4-7-15-5-2-3-6-15/h8-11,15H,2-7,12-13H2,1H3,(H,19,22)(H,20,21). The normalized spacial score (nSPS) is 14.7. The number of carbonyl (C=O) groups is 2. The van der Waals surface area contributed by atoms with Crippen LogP contribution >= 0.6 is 11.8 Å². The lowest BCUT2D eigenvalue weighted by molar-refractivity contribution is -0.118. The molecule has 1 fully saturated rings. The highest BCUT2D eigenvalue weighted by Gasteiger charge is 2.14. The van der Waals surface area contributed by atoms with E-state index >= 15 is 0 Å². The van der Waals surface area contributed by atoms with Crippen LogP contribution in [0.4, 0.5) is 5.69 Å². The monoisotopic (exact) mass is 334 g/mol. The highest BCUT2D eigenvalue weighted by atomic mass is 32.2. The van der Waals surface area contributed by atoms with Gasteiger partial charge in [0.15, 0.2) is 0 Å². The number of hydrogen-bond donors (Lipinski definition) is 2. The summed E-state index contributed by atoms with van der Waals surface area (Å²) in [5.74, 6) is 1.33. The van der Waals surface area contributed by atoms with E-state index in [9.17, 15) is 9.59 Å². The Balaban J connectivity index is 1.59. The highest BCUT2D eigenvalue weighted by Crippen LogP contribution is 2.28. The van der Waals surface area contributed by atoms with Crippen LogP contribution in [0, 0.1) is 5.92 Å². The first-order chi connectivity index (χ1) is 11.1. The summed E-state index contributed by atoms with van der Waals surface area (Å²) in [7, 11) is 0. The maximum Gasteiger partial charge on any atom is 0.230 e. The van der Waals surface area contributed by atoms with Gasteiger partial charge in [0.25, 0.3) is 0 Å². The number of amides is 2. The summed E-state index contributed by atoms with van der Waals surface area (Å²) in [6.07, 6.45) is 7.85. The lowest BCUT2D eigenvalue weighted by Crippen LogP contribution is -2.26. The van der Waals surface area contributed by atoms with Gasteiger partial charge in [-0.2, -0.15) is 0 Å². The lowest BCUT2D eigenvalue weighted by atomic mass is 10.0. The largest absolute Gasteiger partial charge is 0.355 e. The Kier molecular flexibility index (Phi) is 7.46. The summed E-state index contributed by atoms with van der Waals surface area (Å²) in [6.45, 7) is 2.27. The molecule has 5 heteroatoms. The van der Waals surface area contributed by atoms with Crippen molar-refractivity contribution in [3.05, 3.63) is 24.3 Å². The molecule has 1 aromatic rings. The van der Waals surface area contributed by atoms with E-state index in [2.05, 4.69) is 10.6 Å². The van der Waals surface area contributed by atoms with E-state index in [-0.39, 0.29) is 11.8 Å². The van der Waals surface area contributed by atoms with E-state index in [4.69, 9.17) is 0 Å². The minimum absolute atomic E-state index is 0.0811. The number of rotatable bonds is 8. The molecule has 0 spiro atoms.